The number of aryl methyl sites for hydroxylation is 1. The van der Waals surface area contributed by atoms with Gasteiger partial charge in [0.25, 0.3) is 0 Å². The number of nitrogens with one attached hydrogen (secondary N) is 3. The standard InChI is InChI=1S/C16H17F2N5O3/c1-8(24)19-12-7-13(11(18)6-10(12)17)21-15(25)22-16(4-3-5-16)14-20-9(2)26-23-14/h6-7H,3-5H2,1-2H3,(H,19,24)(H2,21,22,25). The molecule has 1 saturated carbocycles. The molecule has 0 atom stereocenters. The van der Waals surface area contributed by atoms with Gasteiger partial charge in [-0.05, 0) is 25.3 Å². The number of hydrogen-bond donors (Lipinski definition) is 3. The Balaban J connectivity index is 1.76. The summed E-state index contributed by atoms with van der Waals surface area (Å²) in [6.07, 6.45) is 2.09. The maximum Gasteiger partial charge on any atom is 0.320 e. The molecule has 138 valence electrons. The number of halogens is 2. The monoisotopic (exact) mass is 365 g/mol. The summed E-state index contributed by atoms with van der Waals surface area (Å²) in [5, 5.41) is 11.1. The summed E-state index contributed by atoms with van der Waals surface area (Å²) in [5.41, 5.74) is -1.29. The summed E-state index contributed by atoms with van der Waals surface area (Å²) in [6, 6.07) is 0.895. The number of carbonyl (C=O) groups excluding carboxylic acids is 2. The van der Waals surface area contributed by atoms with Gasteiger partial charge < -0.3 is 20.5 Å². The van der Waals surface area contributed by atoms with Crippen LogP contribution in [0.2, 0.25) is 0 Å². The molecule has 1 aromatic carbocycles. The maximum atomic E-state index is 13.9. The molecule has 3 N–H and O–H groups in total. The first kappa shape index (κ1) is 17.8. The Morgan fingerprint density at radius 3 is 2.31 bits per heavy atom. The fourth-order valence-corrected chi connectivity index (χ4v) is 2.73. The summed E-state index contributed by atoms with van der Waals surface area (Å²) in [7, 11) is 0. The van der Waals surface area contributed by atoms with Gasteiger partial charge in [0.15, 0.2) is 5.82 Å². The van der Waals surface area contributed by atoms with E-state index in [9.17, 15) is 18.4 Å². The Morgan fingerprint density at radius 2 is 1.81 bits per heavy atom. The van der Waals surface area contributed by atoms with E-state index in [0.717, 1.165) is 12.5 Å². The molecule has 2 aromatic rings. The van der Waals surface area contributed by atoms with Gasteiger partial charge in [-0.1, -0.05) is 5.16 Å². The smallest absolute Gasteiger partial charge is 0.320 e. The molecule has 8 nitrogen and oxygen atoms in total. The van der Waals surface area contributed by atoms with Gasteiger partial charge in [-0.3, -0.25) is 4.79 Å². The van der Waals surface area contributed by atoms with E-state index < -0.39 is 29.1 Å². The van der Waals surface area contributed by atoms with Crippen LogP contribution in [0.15, 0.2) is 16.7 Å². The van der Waals surface area contributed by atoms with Gasteiger partial charge in [-0.15, -0.1) is 0 Å². The lowest BCUT2D eigenvalue weighted by Gasteiger charge is -2.39. The molecule has 1 heterocycles. The van der Waals surface area contributed by atoms with Crippen LogP contribution in [0.3, 0.4) is 0 Å². The zero-order valence-electron chi connectivity index (χ0n) is 14.2. The second-order valence-electron chi connectivity index (χ2n) is 6.14. The van der Waals surface area contributed by atoms with E-state index in [2.05, 4.69) is 26.1 Å². The van der Waals surface area contributed by atoms with Crippen LogP contribution in [0.5, 0.6) is 0 Å². The molecule has 1 aliphatic rings. The minimum Gasteiger partial charge on any atom is -0.340 e. The van der Waals surface area contributed by atoms with Crippen LogP contribution < -0.4 is 16.0 Å². The van der Waals surface area contributed by atoms with Gasteiger partial charge in [0.1, 0.15) is 17.2 Å². The Morgan fingerprint density at radius 1 is 1.15 bits per heavy atom. The van der Waals surface area contributed by atoms with Crippen LogP contribution in [0, 0.1) is 18.6 Å². The first-order chi connectivity index (χ1) is 12.3. The lowest BCUT2D eigenvalue weighted by molar-refractivity contribution is -0.114. The summed E-state index contributed by atoms with van der Waals surface area (Å²) < 4.78 is 32.6. The molecule has 0 spiro atoms. The summed E-state index contributed by atoms with van der Waals surface area (Å²) in [4.78, 5) is 27.5. The van der Waals surface area contributed by atoms with Crippen LogP contribution >= 0.6 is 0 Å². The van der Waals surface area contributed by atoms with Crippen molar-refractivity contribution in [2.45, 2.75) is 38.6 Å². The summed E-state index contributed by atoms with van der Waals surface area (Å²) in [5.74, 6) is -1.70. The van der Waals surface area contributed by atoms with Crippen molar-refractivity contribution in [3.05, 3.63) is 35.5 Å². The molecule has 3 amide bonds. The van der Waals surface area contributed by atoms with Crippen molar-refractivity contribution in [2.24, 2.45) is 0 Å². The Kier molecular flexibility index (Phi) is 4.58. The quantitative estimate of drug-likeness (QED) is 0.772. The number of nitrogens with zero attached hydrogens (tertiary/aromatic N) is 2. The Bertz CT molecular complexity index is 864. The molecule has 3 rings (SSSR count). The predicted octanol–water partition coefficient (Wildman–Crippen LogP) is 2.82. The van der Waals surface area contributed by atoms with Gasteiger partial charge in [-0.25, -0.2) is 13.6 Å². The van der Waals surface area contributed by atoms with Gasteiger partial charge in [0.2, 0.25) is 11.8 Å². The zero-order valence-corrected chi connectivity index (χ0v) is 14.2. The van der Waals surface area contributed by atoms with Crippen molar-refractivity contribution in [2.75, 3.05) is 10.6 Å². The molecule has 1 aromatic heterocycles. The van der Waals surface area contributed by atoms with E-state index in [1.165, 1.54) is 6.92 Å². The minimum atomic E-state index is -0.968. The van der Waals surface area contributed by atoms with Gasteiger partial charge in [0.05, 0.1) is 11.4 Å². The fraction of sp³-hybridized carbons (Fsp3) is 0.375. The van der Waals surface area contributed by atoms with Gasteiger partial charge in [-0.2, -0.15) is 4.98 Å². The number of rotatable bonds is 4. The topological polar surface area (TPSA) is 109 Å². The normalized spacial score (nSPS) is 15.1. The van der Waals surface area contributed by atoms with E-state index in [-0.39, 0.29) is 11.4 Å². The van der Waals surface area contributed by atoms with E-state index in [1.54, 1.807) is 6.92 Å². The Hall–Kier alpha value is -3.04. The van der Waals surface area contributed by atoms with Crippen molar-refractivity contribution in [3.8, 4) is 0 Å². The highest BCUT2D eigenvalue weighted by atomic mass is 19.1. The lowest BCUT2D eigenvalue weighted by Crippen LogP contribution is -2.52. The second kappa shape index (κ2) is 6.70. The molecule has 26 heavy (non-hydrogen) atoms. The van der Waals surface area contributed by atoms with E-state index in [4.69, 9.17) is 4.52 Å². The van der Waals surface area contributed by atoms with E-state index in [1.807, 2.05) is 0 Å². The molecule has 0 aliphatic heterocycles. The molecule has 0 bridgehead atoms. The third-order valence-electron chi connectivity index (χ3n) is 4.13. The molecule has 0 radical (unpaired) electrons. The van der Waals surface area contributed by atoms with Crippen molar-refractivity contribution in [3.63, 3.8) is 0 Å². The summed E-state index contributed by atoms with van der Waals surface area (Å²) >= 11 is 0. The molecule has 10 heteroatoms. The van der Waals surface area contributed by atoms with E-state index in [0.29, 0.717) is 30.6 Å². The van der Waals surface area contributed by atoms with Crippen molar-refractivity contribution >= 4 is 23.3 Å². The predicted molar refractivity (Wildman–Crippen MR) is 87.4 cm³/mol. The molecular weight excluding hydrogens is 348 g/mol. The lowest BCUT2D eigenvalue weighted by atomic mass is 9.76. The second-order valence-corrected chi connectivity index (χ2v) is 6.14. The average molecular weight is 365 g/mol. The number of anilines is 2. The maximum absolute atomic E-state index is 13.9. The largest absolute Gasteiger partial charge is 0.340 e. The van der Waals surface area contributed by atoms with Crippen molar-refractivity contribution in [1.82, 2.24) is 15.5 Å². The van der Waals surface area contributed by atoms with Crippen LogP contribution in [-0.2, 0) is 10.3 Å². The summed E-state index contributed by atoms with van der Waals surface area (Å²) in [6.45, 7) is 2.83. The highest BCUT2D eigenvalue weighted by Crippen LogP contribution is 2.39. The molecular formula is C16H17F2N5O3. The molecule has 1 aliphatic carbocycles. The van der Waals surface area contributed by atoms with Crippen LogP contribution in [0.1, 0.15) is 37.9 Å². The fourth-order valence-electron chi connectivity index (χ4n) is 2.73. The van der Waals surface area contributed by atoms with E-state index >= 15 is 0 Å². The van der Waals surface area contributed by atoms with Gasteiger partial charge >= 0.3 is 6.03 Å². The number of amides is 3. The highest BCUT2D eigenvalue weighted by Gasteiger charge is 2.44. The minimum absolute atomic E-state index is 0.235. The first-order valence-corrected chi connectivity index (χ1v) is 7.96. The van der Waals surface area contributed by atoms with Crippen molar-refractivity contribution < 1.29 is 22.9 Å². The Labute approximate surface area is 147 Å². The first-order valence-electron chi connectivity index (χ1n) is 7.96. The number of aromatic nitrogens is 2. The third-order valence-corrected chi connectivity index (χ3v) is 4.13. The van der Waals surface area contributed by atoms with Crippen molar-refractivity contribution in [1.29, 1.82) is 0 Å². The van der Waals surface area contributed by atoms with Crippen LogP contribution in [0.4, 0.5) is 25.0 Å². The molecule has 0 saturated heterocycles. The average Bonchev–Trinajstić information content (AvgIpc) is 2.94. The number of carbonyl (C=O) groups is 2. The SMILES string of the molecule is CC(=O)Nc1cc(NC(=O)NC2(c3noc(C)n3)CCC2)c(F)cc1F. The molecule has 0 unspecified atom stereocenters. The van der Waals surface area contributed by atoms with Gasteiger partial charge in [0, 0.05) is 19.9 Å². The molecule has 1 fully saturated rings. The number of urea groups is 1. The highest BCUT2D eigenvalue weighted by molar-refractivity contribution is 5.93. The van der Waals surface area contributed by atoms with Crippen LogP contribution in [-0.4, -0.2) is 22.1 Å². The van der Waals surface area contributed by atoms with Crippen LogP contribution in [0.25, 0.3) is 0 Å². The zero-order chi connectivity index (χ0) is 18.9. The number of benzene rings is 1. The third kappa shape index (κ3) is 3.48. The number of hydrogen-bond acceptors (Lipinski definition) is 5.